The lowest BCUT2D eigenvalue weighted by Crippen LogP contribution is -2.56. The van der Waals surface area contributed by atoms with Crippen molar-refractivity contribution < 1.29 is 4.79 Å². The Bertz CT molecular complexity index is 1010. The van der Waals surface area contributed by atoms with Crippen molar-refractivity contribution in [1.29, 1.82) is 0 Å². The van der Waals surface area contributed by atoms with Crippen molar-refractivity contribution in [3.63, 3.8) is 0 Å². The van der Waals surface area contributed by atoms with Gasteiger partial charge in [0.05, 0.1) is 5.69 Å². The van der Waals surface area contributed by atoms with E-state index >= 15 is 0 Å². The molecule has 1 N–H and O–H groups in total. The highest BCUT2D eigenvalue weighted by Gasteiger charge is 2.53. The van der Waals surface area contributed by atoms with E-state index in [-0.39, 0.29) is 28.5 Å². The number of nitrogens with one attached hydrogen (secondary N) is 1. The first kappa shape index (κ1) is 19.8. The van der Waals surface area contributed by atoms with Gasteiger partial charge in [-0.2, -0.15) is 5.10 Å². The number of amides is 1. The first-order valence-corrected chi connectivity index (χ1v) is 11.4. The van der Waals surface area contributed by atoms with E-state index in [1.54, 1.807) is 16.8 Å². The number of carbonyl (C=O) groups is 1. The van der Waals surface area contributed by atoms with E-state index in [2.05, 4.69) is 17.3 Å². The molecule has 158 valence electrons. The van der Waals surface area contributed by atoms with E-state index in [4.69, 9.17) is 11.6 Å². The molecule has 4 saturated carbocycles. The van der Waals surface area contributed by atoms with Gasteiger partial charge in [0.25, 0.3) is 5.91 Å². The van der Waals surface area contributed by atoms with E-state index < -0.39 is 0 Å². The molecule has 30 heavy (non-hydrogen) atoms. The third-order valence-electron chi connectivity index (χ3n) is 7.75. The summed E-state index contributed by atoms with van der Waals surface area (Å²) in [5, 5.41) is 8.21. The van der Waals surface area contributed by atoms with Crippen molar-refractivity contribution in [2.75, 3.05) is 0 Å². The summed E-state index contributed by atoms with van der Waals surface area (Å²) in [5.41, 5.74) is 1.23. The maximum absolute atomic E-state index is 13.1. The van der Waals surface area contributed by atoms with Gasteiger partial charge < -0.3 is 5.32 Å². The average molecular weight is 426 g/mol. The van der Waals surface area contributed by atoms with Gasteiger partial charge in [0.1, 0.15) is 0 Å². The molecule has 2 aromatic rings. The van der Waals surface area contributed by atoms with Gasteiger partial charge in [-0.1, -0.05) is 11.6 Å². The predicted molar refractivity (Wildman–Crippen MR) is 117 cm³/mol. The van der Waals surface area contributed by atoms with Crippen LogP contribution in [0, 0.1) is 30.1 Å². The van der Waals surface area contributed by atoms with Crippen LogP contribution in [0.3, 0.4) is 0 Å². The Morgan fingerprint density at radius 1 is 1.13 bits per heavy atom. The number of hydrogen-bond donors (Lipinski definition) is 1. The van der Waals surface area contributed by atoms with Crippen molar-refractivity contribution >= 4 is 17.5 Å². The van der Waals surface area contributed by atoms with Gasteiger partial charge in [-0.25, -0.2) is 4.68 Å². The van der Waals surface area contributed by atoms with Crippen LogP contribution in [0.5, 0.6) is 0 Å². The maximum atomic E-state index is 13.1. The highest BCUT2D eigenvalue weighted by molar-refractivity contribution is 6.30. The molecule has 0 unspecified atom stereocenters. The second kappa shape index (κ2) is 7.23. The zero-order valence-corrected chi connectivity index (χ0v) is 18.3. The molecular formula is C24H28ClN3O2. The van der Waals surface area contributed by atoms with Crippen molar-refractivity contribution in [3.05, 3.63) is 57.0 Å². The summed E-state index contributed by atoms with van der Waals surface area (Å²) in [4.78, 5) is 25.7. The zero-order valence-electron chi connectivity index (χ0n) is 17.5. The molecule has 1 aromatic heterocycles. The summed E-state index contributed by atoms with van der Waals surface area (Å²) in [6, 6.07) is 8.71. The Morgan fingerprint density at radius 2 is 1.70 bits per heavy atom. The standard InChI is InChI=1S/C24H28ClN3O2/c1-14-7-21(29)22(27-28(14)20-5-3-19(25)4-6-20)23(30)26-15(2)24-11-16-8-17(12-24)10-18(9-16)13-24/h3-7,15-18H,8-13H2,1-2H3,(H,26,30)/t15-,16?,17?,18?,24?/m1/s1. The van der Waals surface area contributed by atoms with Crippen molar-refractivity contribution in [2.24, 2.45) is 23.2 Å². The van der Waals surface area contributed by atoms with E-state index in [0.29, 0.717) is 10.7 Å². The molecule has 4 bridgehead atoms. The number of hydrogen-bond acceptors (Lipinski definition) is 3. The molecule has 0 radical (unpaired) electrons. The van der Waals surface area contributed by atoms with Crippen LogP contribution in [0.15, 0.2) is 35.1 Å². The monoisotopic (exact) mass is 425 g/mol. The van der Waals surface area contributed by atoms with Gasteiger partial charge in [-0.3, -0.25) is 9.59 Å². The highest BCUT2D eigenvalue weighted by Crippen LogP contribution is 2.61. The number of carbonyl (C=O) groups excluding carboxylic acids is 1. The Morgan fingerprint density at radius 3 is 2.27 bits per heavy atom. The van der Waals surface area contributed by atoms with Gasteiger partial charge in [0.2, 0.25) is 5.43 Å². The lowest BCUT2D eigenvalue weighted by Gasteiger charge is -2.59. The molecule has 6 heteroatoms. The van der Waals surface area contributed by atoms with E-state index in [9.17, 15) is 9.59 Å². The fourth-order valence-electron chi connectivity index (χ4n) is 6.67. The molecule has 4 aliphatic carbocycles. The van der Waals surface area contributed by atoms with Crippen LogP contribution in [-0.4, -0.2) is 21.7 Å². The van der Waals surface area contributed by atoms with E-state index in [1.807, 2.05) is 19.1 Å². The molecule has 0 saturated heterocycles. The number of benzene rings is 1. The molecule has 6 rings (SSSR count). The number of aryl methyl sites for hydroxylation is 1. The van der Waals surface area contributed by atoms with E-state index in [1.165, 1.54) is 44.6 Å². The second-order valence-electron chi connectivity index (χ2n) is 9.86. The van der Waals surface area contributed by atoms with Crippen LogP contribution < -0.4 is 10.7 Å². The third kappa shape index (κ3) is 3.37. The smallest absolute Gasteiger partial charge is 0.276 e. The molecule has 0 aliphatic heterocycles. The van der Waals surface area contributed by atoms with Crippen LogP contribution in [-0.2, 0) is 0 Å². The molecule has 1 amide bonds. The third-order valence-corrected chi connectivity index (χ3v) is 8.00. The molecule has 1 atom stereocenters. The van der Waals surface area contributed by atoms with Crippen LogP contribution in [0.25, 0.3) is 5.69 Å². The minimum Gasteiger partial charge on any atom is -0.348 e. The van der Waals surface area contributed by atoms with Gasteiger partial charge in [0, 0.05) is 22.8 Å². The number of halogens is 1. The SMILES string of the molecule is Cc1cc(=O)c(C(=O)N[C@H](C)C23CC4CC(CC(C4)C2)C3)nn1-c1ccc(Cl)cc1. The molecule has 0 spiro atoms. The Kier molecular flexibility index (Phi) is 4.77. The highest BCUT2D eigenvalue weighted by atomic mass is 35.5. The van der Waals surface area contributed by atoms with Crippen molar-refractivity contribution in [1.82, 2.24) is 15.1 Å². The second-order valence-corrected chi connectivity index (χ2v) is 10.3. The molecule has 4 fully saturated rings. The normalized spacial score (nSPS) is 30.3. The number of nitrogens with zero attached hydrogens (tertiary/aromatic N) is 2. The molecular weight excluding hydrogens is 398 g/mol. The van der Waals surface area contributed by atoms with Gasteiger partial charge >= 0.3 is 0 Å². The van der Waals surface area contributed by atoms with Gasteiger partial charge in [-0.15, -0.1) is 0 Å². The minimum atomic E-state index is -0.369. The molecule has 4 aliphatic rings. The average Bonchev–Trinajstić information content (AvgIpc) is 2.68. The van der Waals surface area contributed by atoms with Crippen molar-refractivity contribution in [3.8, 4) is 5.69 Å². The number of aromatic nitrogens is 2. The summed E-state index contributed by atoms with van der Waals surface area (Å²) in [5.74, 6) is 2.08. The predicted octanol–water partition coefficient (Wildman–Crippen LogP) is 4.53. The topological polar surface area (TPSA) is 64.0 Å². The Balaban J connectivity index is 1.40. The Hall–Kier alpha value is -2.14. The minimum absolute atomic E-state index is 0.0462. The molecule has 1 heterocycles. The summed E-state index contributed by atoms with van der Waals surface area (Å²) in [6.07, 6.45) is 7.71. The fourth-order valence-corrected chi connectivity index (χ4v) is 6.80. The van der Waals surface area contributed by atoms with Crippen molar-refractivity contribution in [2.45, 2.75) is 58.4 Å². The first-order chi connectivity index (χ1) is 14.3. The van der Waals surface area contributed by atoms with Gasteiger partial charge in [-0.05, 0) is 99.8 Å². The summed E-state index contributed by atoms with van der Waals surface area (Å²) < 4.78 is 1.63. The number of rotatable bonds is 4. The maximum Gasteiger partial charge on any atom is 0.276 e. The van der Waals surface area contributed by atoms with Crippen LogP contribution >= 0.6 is 11.6 Å². The quantitative estimate of drug-likeness (QED) is 0.782. The Labute approximate surface area is 181 Å². The summed E-state index contributed by atoms with van der Waals surface area (Å²) in [7, 11) is 0. The van der Waals surface area contributed by atoms with Gasteiger partial charge in [0.15, 0.2) is 5.69 Å². The summed E-state index contributed by atoms with van der Waals surface area (Å²) >= 11 is 5.99. The van der Waals surface area contributed by atoms with Crippen LogP contribution in [0.4, 0.5) is 0 Å². The largest absolute Gasteiger partial charge is 0.348 e. The lowest BCUT2D eigenvalue weighted by molar-refractivity contribution is -0.0688. The zero-order chi connectivity index (χ0) is 21.0. The molecule has 5 nitrogen and oxygen atoms in total. The van der Waals surface area contributed by atoms with Crippen LogP contribution in [0.2, 0.25) is 5.02 Å². The fraction of sp³-hybridized carbons (Fsp3) is 0.542. The van der Waals surface area contributed by atoms with E-state index in [0.717, 1.165) is 23.4 Å². The summed E-state index contributed by atoms with van der Waals surface area (Å²) in [6.45, 7) is 3.93. The molecule has 1 aromatic carbocycles. The first-order valence-electron chi connectivity index (χ1n) is 11.0. The lowest BCUT2D eigenvalue weighted by atomic mass is 9.48. The van der Waals surface area contributed by atoms with Crippen LogP contribution in [0.1, 0.15) is 61.6 Å².